The van der Waals surface area contributed by atoms with E-state index in [0.29, 0.717) is 13.3 Å². The smallest absolute Gasteiger partial charge is 0.231 e. The molecule has 2 aliphatic rings. The average Bonchev–Trinajstić information content (AvgIpc) is 2.88. The van der Waals surface area contributed by atoms with Crippen LogP contribution in [0.3, 0.4) is 0 Å². The van der Waals surface area contributed by atoms with Gasteiger partial charge in [-0.3, -0.25) is 0 Å². The SMILES string of the molecule is NCC1(c2ccc(Br)c3c2OCO3)CC1. The highest BCUT2D eigenvalue weighted by Gasteiger charge is 2.46. The van der Waals surface area contributed by atoms with Gasteiger partial charge in [-0.25, -0.2) is 0 Å². The summed E-state index contributed by atoms with van der Waals surface area (Å²) in [5.74, 6) is 1.71. The lowest BCUT2D eigenvalue weighted by Gasteiger charge is -2.15. The fourth-order valence-corrected chi connectivity index (χ4v) is 2.54. The summed E-state index contributed by atoms with van der Waals surface area (Å²) in [7, 11) is 0. The van der Waals surface area contributed by atoms with Gasteiger partial charge in [0.25, 0.3) is 0 Å². The van der Waals surface area contributed by atoms with E-state index in [1.54, 1.807) is 0 Å². The number of ether oxygens (including phenoxy) is 2. The number of nitrogens with two attached hydrogens (primary N) is 1. The lowest BCUT2D eigenvalue weighted by atomic mass is 9.95. The van der Waals surface area contributed by atoms with Crippen molar-refractivity contribution in [2.45, 2.75) is 18.3 Å². The molecular formula is C11H12BrNO2. The quantitative estimate of drug-likeness (QED) is 0.895. The normalized spacial score (nSPS) is 20.4. The molecule has 1 saturated carbocycles. The minimum absolute atomic E-state index is 0.151. The zero-order valence-corrected chi connectivity index (χ0v) is 9.84. The van der Waals surface area contributed by atoms with Crippen LogP contribution in [0.2, 0.25) is 0 Å². The summed E-state index contributed by atoms with van der Waals surface area (Å²) in [6, 6.07) is 4.11. The second kappa shape index (κ2) is 3.12. The van der Waals surface area contributed by atoms with Gasteiger partial charge in [-0.1, -0.05) is 6.07 Å². The van der Waals surface area contributed by atoms with Crippen LogP contribution in [0, 0.1) is 0 Å². The zero-order chi connectivity index (χ0) is 10.5. The monoisotopic (exact) mass is 269 g/mol. The number of halogens is 1. The summed E-state index contributed by atoms with van der Waals surface area (Å²) in [6.45, 7) is 0.996. The summed E-state index contributed by atoms with van der Waals surface area (Å²) in [4.78, 5) is 0. The zero-order valence-electron chi connectivity index (χ0n) is 8.25. The highest BCUT2D eigenvalue weighted by Crippen LogP contribution is 2.54. The van der Waals surface area contributed by atoms with E-state index in [4.69, 9.17) is 15.2 Å². The summed E-state index contributed by atoms with van der Waals surface area (Å²) < 4.78 is 11.9. The molecule has 0 aromatic heterocycles. The number of hydrogen-bond acceptors (Lipinski definition) is 3. The first-order valence-electron chi connectivity index (χ1n) is 5.05. The Hall–Kier alpha value is -0.740. The van der Waals surface area contributed by atoms with E-state index in [1.807, 2.05) is 6.07 Å². The Kier molecular flexibility index (Phi) is 1.97. The van der Waals surface area contributed by atoms with Crippen molar-refractivity contribution in [3.63, 3.8) is 0 Å². The van der Waals surface area contributed by atoms with Crippen molar-refractivity contribution < 1.29 is 9.47 Å². The molecule has 0 bridgehead atoms. The first-order chi connectivity index (χ1) is 7.27. The highest BCUT2D eigenvalue weighted by molar-refractivity contribution is 9.10. The van der Waals surface area contributed by atoms with Crippen molar-refractivity contribution >= 4 is 15.9 Å². The summed E-state index contributed by atoms with van der Waals surface area (Å²) in [5.41, 5.74) is 7.19. The molecule has 80 valence electrons. The van der Waals surface area contributed by atoms with Crippen molar-refractivity contribution in [1.82, 2.24) is 0 Å². The van der Waals surface area contributed by atoms with Gasteiger partial charge in [0.05, 0.1) is 4.47 Å². The Morgan fingerprint density at radius 1 is 1.27 bits per heavy atom. The van der Waals surface area contributed by atoms with Gasteiger partial charge in [0, 0.05) is 17.5 Å². The Bertz CT molecular complexity index is 415. The fraction of sp³-hybridized carbons (Fsp3) is 0.455. The summed E-state index contributed by atoms with van der Waals surface area (Å²) in [6.07, 6.45) is 2.31. The predicted molar refractivity (Wildman–Crippen MR) is 60.2 cm³/mol. The molecule has 0 amide bonds. The van der Waals surface area contributed by atoms with Crippen LogP contribution in [-0.2, 0) is 5.41 Å². The van der Waals surface area contributed by atoms with Crippen LogP contribution in [0.15, 0.2) is 16.6 Å². The lowest BCUT2D eigenvalue weighted by Crippen LogP contribution is -2.20. The number of fused-ring (bicyclic) bond motifs is 1. The van der Waals surface area contributed by atoms with E-state index in [2.05, 4.69) is 22.0 Å². The van der Waals surface area contributed by atoms with Gasteiger partial charge in [-0.15, -0.1) is 0 Å². The Labute approximate surface area is 96.7 Å². The van der Waals surface area contributed by atoms with Crippen LogP contribution in [0.4, 0.5) is 0 Å². The summed E-state index contributed by atoms with van der Waals surface area (Å²) >= 11 is 3.45. The summed E-state index contributed by atoms with van der Waals surface area (Å²) in [5, 5.41) is 0. The average molecular weight is 270 g/mol. The molecule has 1 heterocycles. The van der Waals surface area contributed by atoms with Crippen molar-refractivity contribution in [3.05, 3.63) is 22.2 Å². The molecule has 3 nitrogen and oxygen atoms in total. The van der Waals surface area contributed by atoms with E-state index in [0.717, 1.165) is 28.8 Å². The third-order valence-corrected chi connectivity index (χ3v) is 3.91. The predicted octanol–water partition coefficient (Wildman–Crippen LogP) is 2.17. The largest absolute Gasteiger partial charge is 0.453 e. The molecule has 0 atom stereocenters. The first-order valence-corrected chi connectivity index (χ1v) is 5.85. The molecule has 1 fully saturated rings. The molecule has 1 aromatic rings. The Morgan fingerprint density at radius 2 is 2.00 bits per heavy atom. The van der Waals surface area contributed by atoms with Crippen LogP contribution >= 0.6 is 15.9 Å². The first kappa shape index (κ1) is 9.48. The van der Waals surface area contributed by atoms with E-state index in [1.165, 1.54) is 5.56 Å². The molecule has 1 aliphatic carbocycles. The van der Waals surface area contributed by atoms with Crippen molar-refractivity contribution in [1.29, 1.82) is 0 Å². The van der Waals surface area contributed by atoms with Gasteiger partial charge < -0.3 is 15.2 Å². The molecular weight excluding hydrogens is 258 g/mol. The third kappa shape index (κ3) is 1.28. The van der Waals surface area contributed by atoms with Gasteiger partial charge in [0.2, 0.25) is 6.79 Å². The second-order valence-electron chi connectivity index (χ2n) is 4.14. The minimum Gasteiger partial charge on any atom is -0.453 e. The molecule has 1 aliphatic heterocycles. The van der Waals surface area contributed by atoms with Crippen LogP contribution in [0.1, 0.15) is 18.4 Å². The molecule has 4 heteroatoms. The second-order valence-corrected chi connectivity index (χ2v) is 5.00. The Morgan fingerprint density at radius 3 is 2.67 bits per heavy atom. The van der Waals surface area contributed by atoms with Crippen molar-refractivity contribution in [3.8, 4) is 11.5 Å². The minimum atomic E-state index is 0.151. The van der Waals surface area contributed by atoms with Crippen LogP contribution < -0.4 is 15.2 Å². The van der Waals surface area contributed by atoms with Gasteiger partial charge in [-0.05, 0) is 34.8 Å². The maximum Gasteiger partial charge on any atom is 0.231 e. The molecule has 0 saturated heterocycles. The molecule has 15 heavy (non-hydrogen) atoms. The van der Waals surface area contributed by atoms with E-state index in [-0.39, 0.29) is 5.41 Å². The third-order valence-electron chi connectivity index (χ3n) is 3.29. The van der Waals surface area contributed by atoms with Crippen molar-refractivity contribution in [2.75, 3.05) is 13.3 Å². The molecule has 2 N–H and O–H groups in total. The van der Waals surface area contributed by atoms with E-state index in [9.17, 15) is 0 Å². The van der Waals surface area contributed by atoms with Gasteiger partial charge >= 0.3 is 0 Å². The number of hydrogen-bond donors (Lipinski definition) is 1. The molecule has 0 radical (unpaired) electrons. The molecule has 1 aromatic carbocycles. The van der Waals surface area contributed by atoms with E-state index < -0.39 is 0 Å². The maximum atomic E-state index is 5.82. The topological polar surface area (TPSA) is 44.5 Å². The standard InChI is InChI=1S/C11H12BrNO2/c12-8-2-1-7(11(5-13)3-4-11)9-10(8)15-6-14-9/h1-2H,3-6,13H2. The molecule has 0 spiro atoms. The molecule has 3 rings (SSSR count). The van der Waals surface area contributed by atoms with Crippen LogP contribution in [-0.4, -0.2) is 13.3 Å². The maximum absolute atomic E-state index is 5.82. The molecule has 0 unspecified atom stereocenters. The van der Waals surface area contributed by atoms with Gasteiger partial charge in [0.15, 0.2) is 11.5 Å². The van der Waals surface area contributed by atoms with Crippen molar-refractivity contribution in [2.24, 2.45) is 5.73 Å². The van der Waals surface area contributed by atoms with E-state index >= 15 is 0 Å². The number of benzene rings is 1. The van der Waals surface area contributed by atoms with Gasteiger partial charge in [-0.2, -0.15) is 0 Å². The van der Waals surface area contributed by atoms with Crippen LogP contribution in [0.25, 0.3) is 0 Å². The number of rotatable bonds is 2. The fourth-order valence-electron chi connectivity index (χ4n) is 2.12. The Balaban J connectivity index is 2.14. The lowest BCUT2D eigenvalue weighted by molar-refractivity contribution is 0.172. The van der Waals surface area contributed by atoms with Crippen LogP contribution in [0.5, 0.6) is 11.5 Å². The van der Waals surface area contributed by atoms with Gasteiger partial charge in [0.1, 0.15) is 0 Å². The highest BCUT2D eigenvalue weighted by atomic mass is 79.9.